The minimum atomic E-state index is -0.684. The van der Waals surface area contributed by atoms with Crippen LogP contribution >= 0.6 is 0 Å². The van der Waals surface area contributed by atoms with Crippen LogP contribution in [0.4, 0.5) is 0 Å². The third-order valence-electron chi connectivity index (χ3n) is 2.13. The van der Waals surface area contributed by atoms with E-state index in [-0.39, 0.29) is 12.2 Å². The van der Waals surface area contributed by atoms with Crippen molar-refractivity contribution in [1.82, 2.24) is 0 Å². The lowest BCUT2D eigenvalue weighted by Gasteiger charge is -2.36. The molecule has 1 heterocycles. The molecule has 4 nitrogen and oxygen atoms in total. The lowest BCUT2D eigenvalue weighted by Crippen LogP contribution is -2.49. The zero-order chi connectivity index (χ0) is 9.14. The predicted octanol–water partition coefficient (Wildman–Crippen LogP) is 0.144. The molecule has 1 aliphatic heterocycles. The molecule has 0 radical (unpaired) electrons. The van der Waals surface area contributed by atoms with E-state index < -0.39 is 12.4 Å². The van der Waals surface area contributed by atoms with Crippen molar-refractivity contribution in [3.63, 3.8) is 0 Å². The fourth-order valence-electron chi connectivity index (χ4n) is 1.44. The lowest BCUT2D eigenvalue weighted by atomic mass is 10.0. The van der Waals surface area contributed by atoms with E-state index in [1.54, 1.807) is 7.11 Å². The minimum Gasteiger partial charge on any atom is -0.385 e. The molecule has 0 aromatic heterocycles. The molecular formula is C8H16O4. The Balaban J connectivity index is 2.55. The van der Waals surface area contributed by atoms with Gasteiger partial charge in [-0.2, -0.15) is 0 Å². The van der Waals surface area contributed by atoms with Crippen molar-refractivity contribution < 1.29 is 19.3 Å². The first kappa shape index (κ1) is 9.92. The molecule has 0 spiro atoms. The van der Waals surface area contributed by atoms with Gasteiger partial charge in [-0.15, -0.1) is 0 Å². The van der Waals surface area contributed by atoms with E-state index in [9.17, 15) is 5.11 Å². The van der Waals surface area contributed by atoms with Crippen molar-refractivity contribution in [2.45, 2.75) is 37.9 Å². The Morgan fingerprint density at radius 1 is 1.33 bits per heavy atom. The second-order valence-electron chi connectivity index (χ2n) is 3.05. The SMILES string of the molecule is COC1O[C@H](C)C[C@H](OC)[C@H]1O. The van der Waals surface area contributed by atoms with Crippen molar-refractivity contribution in [3.05, 3.63) is 0 Å². The first-order valence-electron chi connectivity index (χ1n) is 4.08. The molecule has 1 aliphatic rings. The van der Waals surface area contributed by atoms with Gasteiger partial charge in [-0.3, -0.25) is 0 Å². The third kappa shape index (κ3) is 1.95. The molecule has 1 rings (SSSR count). The second-order valence-corrected chi connectivity index (χ2v) is 3.05. The van der Waals surface area contributed by atoms with Gasteiger partial charge in [-0.25, -0.2) is 0 Å². The van der Waals surface area contributed by atoms with Crippen LogP contribution in [0, 0.1) is 0 Å². The van der Waals surface area contributed by atoms with Crippen molar-refractivity contribution in [2.75, 3.05) is 14.2 Å². The van der Waals surface area contributed by atoms with Crippen LogP contribution in [0.5, 0.6) is 0 Å². The maximum Gasteiger partial charge on any atom is 0.185 e. The van der Waals surface area contributed by atoms with Crippen LogP contribution in [0.2, 0.25) is 0 Å². The summed E-state index contributed by atoms with van der Waals surface area (Å²) in [6.45, 7) is 1.93. The number of hydrogen-bond donors (Lipinski definition) is 1. The second kappa shape index (κ2) is 4.18. The van der Waals surface area contributed by atoms with E-state index in [1.165, 1.54) is 7.11 Å². The molecule has 0 aliphatic carbocycles. The maximum absolute atomic E-state index is 9.57. The topological polar surface area (TPSA) is 47.9 Å². The summed E-state index contributed by atoms with van der Waals surface area (Å²) in [4.78, 5) is 0. The summed E-state index contributed by atoms with van der Waals surface area (Å²) in [5, 5.41) is 9.57. The van der Waals surface area contributed by atoms with E-state index in [2.05, 4.69) is 0 Å². The average Bonchev–Trinajstić information content (AvgIpc) is 2.08. The van der Waals surface area contributed by atoms with Gasteiger partial charge in [0.2, 0.25) is 0 Å². The highest BCUT2D eigenvalue weighted by atomic mass is 16.7. The molecular weight excluding hydrogens is 160 g/mol. The van der Waals surface area contributed by atoms with E-state index >= 15 is 0 Å². The number of methoxy groups -OCH3 is 2. The van der Waals surface area contributed by atoms with E-state index in [1.807, 2.05) is 6.92 Å². The Hall–Kier alpha value is -0.160. The highest BCUT2D eigenvalue weighted by Gasteiger charge is 2.36. The zero-order valence-electron chi connectivity index (χ0n) is 7.69. The van der Waals surface area contributed by atoms with Crippen molar-refractivity contribution in [1.29, 1.82) is 0 Å². The van der Waals surface area contributed by atoms with Crippen LogP contribution in [0.15, 0.2) is 0 Å². The Bertz CT molecular complexity index is 125. The van der Waals surface area contributed by atoms with Gasteiger partial charge in [0, 0.05) is 20.6 Å². The molecule has 72 valence electrons. The molecule has 12 heavy (non-hydrogen) atoms. The predicted molar refractivity (Wildman–Crippen MR) is 42.8 cm³/mol. The van der Waals surface area contributed by atoms with E-state index in [0.29, 0.717) is 6.42 Å². The number of hydrogen-bond acceptors (Lipinski definition) is 4. The van der Waals surface area contributed by atoms with Crippen LogP contribution in [-0.4, -0.2) is 43.9 Å². The van der Waals surface area contributed by atoms with Gasteiger partial charge in [0.1, 0.15) is 6.10 Å². The van der Waals surface area contributed by atoms with Gasteiger partial charge in [0.05, 0.1) is 12.2 Å². The van der Waals surface area contributed by atoms with Gasteiger partial charge in [0.15, 0.2) is 6.29 Å². The highest BCUT2D eigenvalue weighted by Crippen LogP contribution is 2.22. The molecule has 1 N–H and O–H groups in total. The molecule has 0 amide bonds. The summed E-state index contributed by atoms with van der Waals surface area (Å²) in [5.74, 6) is 0. The fraction of sp³-hybridized carbons (Fsp3) is 1.00. The Labute approximate surface area is 72.4 Å². The number of rotatable bonds is 2. The zero-order valence-corrected chi connectivity index (χ0v) is 7.69. The monoisotopic (exact) mass is 176 g/mol. The number of aliphatic hydroxyl groups excluding tert-OH is 1. The highest BCUT2D eigenvalue weighted by molar-refractivity contribution is 4.80. The largest absolute Gasteiger partial charge is 0.385 e. The number of ether oxygens (including phenoxy) is 3. The summed E-state index contributed by atoms with van der Waals surface area (Å²) in [6, 6.07) is 0. The molecule has 0 bridgehead atoms. The summed E-state index contributed by atoms with van der Waals surface area (Å²) >= 11 is 0. The van der Waals surface area contributed by atoms with Crippen molar-refractivity contribution in [2.24, 2.45) is 0 Å². The van der Waals surface area contributed by atoms with E-state index in [4.69, 9.17) is 14.2 Å². The molecule has 1 unspecified atom stereocenters. The first-order valence-corrected chi connectivity index (χ1v) is 4.08. The smallest absolute Gasteiger partial charge is 0.185 e. The van der Waals surface area contributed by atoms with Crippen LogP contribution < -0.4 is 0 Å². The van der Waals surface area contributed by atoms with Crippen LogP contribution in [-0.2, 0) is 14.2 Å². The standard InChI is InChI=1S/C8H16O4/c1-5-4-6(10-2)7(9)8(11-3)12-5/h5-9H,4H2,1-3H3/t5-,6+,7-,8?/m1/s1. The molecule has 0 saturated carbocycles. The summed E-state index contributed by atoms with van der Waals surface area (Å²) in [5.41, 5.74) is 0. The number of aliphatic hydroxyl groups is 1. The fourth-order valence-corrected chi connectivity index (χ4v) is 1.44. The van der Waals surface area contributed by atoms with E-state index in [0.717, 1.165) is 0 Å². The van der Waals surface area contributed by atoms with Crippen molar-refractivity contribution >= 4 is 0 Å². The Morgan fingerprint density at radius 2 is 2.00 bits per heavy atom. The average molecular weight is 176 g/mol. The lowest BCUT2D eigenvalue weighted by molar-refractivity contribution is -0.258. The van der Waals surface area contributed by atoms with Crippen LogP contribution in [0.1, 0.15) is 13.3 Å². The molecule has 4 atom stereocenters. The summed E-state index contributed by atoms with van der Waals surface area (Å²) in [6.07, 6.45) is -0.644. The normalized spacial score (nSPS) is 43.0. The van der Waals surface area contributed by atoms with Gasteiger partial charge < -0.3 is 19.3 Å². The Morgan fingerprint density at radius 3 is 2.50 bits per heavy atom. The quantitative estimate of drug-likeness (QED) is 0.650. The molecule has 1 fully saturated rings. The molecule has 0 aromatic rings. The molecule has 0 aromatic carbocycles. The maximum atomic E-state index is 9.57. The summed E-state index contributed by atoms with van der Waals surface area (Å²) < 4.78 is 15.4. The van der Waals surface area contributed by atoms with Gasteiger partial charge in [0.25, 0.3) is 0 Å². The van der Waals surface area contributed by atoms with Crippen LogP contribution in [0.25, 0.3) is 0 Å². The molecule has 4 heteroatoms. The first-order chi connectivity index (χ1) is 5.69. The summed E-state index contributed by atoms with van der Waals surface area (Å²) in [7, 11) is 3.09. The van der Waals surface area contributed by atoms with Gasteiger partial charge >= 0.3 is 0 Å². The molecule has 1 saturated heterocycles. The van der Waals surface area contributed by atoms with Gasteiger partial charge in [-0.1, -0.05) is 0 Å². The van der Waals surface area contributed by atoms with Crippen LogP contribution in [0.3, 0.4) is 0 Å². The van der Waals surface area contributed by atoms with Crippen molar-refractivity contribution in [3.8, 4) is 0 Å². The Kier molecular flexibility index (Phi) is 3.46. The van der Waals surface area contributed by atoms with Gasteiger partial charge in [-0.05, 0) is 6.92 Å². The third-order valence-corrected chi connectivity index (χ3v) is 2.13. The minimum absolute atomic E-state index is 0.0725.